The first-order valence-electron chi connectivity index (χ1n) is 5.92. The molecule has 0 saturated heterocycles. The van der Waals surface area contributed by atoms with Crippen LogP contribution in [0.25, 0.3) is 22.3 Å². The number of pyridine rings is 1. The van der Waals surface area contributed by atoms with Crippen LogP contribution < -0.4 is 4.74 Å². The fraction of sp³-hybridized carbons (Fsp3) is 0.0714. The summed E-state index contributed by atoms with van der Waals surface area (Å²) in [7, 11) is 0. The van der Waals surface area contributed by atoms with E-state index in [2.05, 4.69) is 15.2 Å². The third-order valence-electron chi connectivity index (χ3n) is 2.73. The number of benzene rings is 1. The molecule has 1 N–H and O–H groups in total. The van der Waals surface area contributed by atoms with E-state index in [9.17, 15) is 9.18 Å². The van der Waals surface area contributed by atoms with E-state index in [1.54, 1.807) is 18.2 Å². The summed E-state index contributed by atoms with van der Waals surface area (Å²) in [6.45, 7) is 1.31. The highest BCUT2D eigenvalue weighted by atomic mass is 19.1. The second-order valence-electron chi connectivity index (χ2n) is 4.24. The average Bonchev–Trinajstić information content (AvgIpc) is 2.81. The van der Waals surface area contributed by atoms with Crippen LogP contribution in [-0.4, -0.2) is 21.2 Å². The molecular formula is C14H10FN3O2. The van der Waals surface area contributed by atoms with Gasteiger partial charge in [-0.2, -0.15) is 5.10 Å². The molecule has 3 rings (SSSR count). The Morgan fingerprint density at radius 1 is 1.35 bits per heavy atom. The molecule has 0 atom stereocenters. The van der Waals surface area contributed by atoms with Crippen molar-refractivity contribution in [2.24, 2.45) is 0 Å². The minimum atomic E-state index is -0.420. The van der Waals surface area contributed by atoms with Crippen LogP contribution in [0.4, 0.5) is 4.39 Å². The average molecular weight is 271 g/mol. The Morgan fingerprint density at radius 3 is 2.95 bits per heavy atom. The van der Waals surface area contributed by atoms with E-state index in [1.807, 2.05) is 0 Å². The Kier molecular flexibility index (Phi) is 2.90. The summed E-state index contributed by atoms with van der Waals surface area (Å²) in [4.78, 5) is 15.1. The van der Waals surface area contributed by atoms with Gasteiger partial charge in [-0.15, -0.1) is 0 Å². The Morgan fingerprint density at radius 2 is 2.20 bits per heavy atom. The lowest BCUT2D eigenvalue weighted by Gasteiger charge is -2.00. The SMILES string of the molecule is CC(=O)Oc1cnc2c(-c3cccc(F)c3)n[nH]c2c1. The first kappa shape index (κ1) is 12.3. The minimum absolute atomic E-state index is 0.333. The van der Waals surface area contributed by atoms with E-state index >= 15 is 0 Å². The van der Waals surface area contributed by atoms with Crippen LogP contribution in [0.15, 0.2) is 36.5 Å². The van der Waals surface area contributed by atoms with E-state index in [0.717, 1.165) is 0 Å². The number of nitrogens with one attached hydrogen (secondary N) is 1. The Hall–Kier alpha value is -2.76. The maximum absolute atomic E-state index is 13.3. The van der Waals surface area contributed by atoms with Gasteiger partial charge in [-0.3, -0.25) is 9.89 Å². The van der Waals surface area contributed by atoms with Crippen LogP contribution in [0, 0.1) is 5.82 Å². The summed E-state index contributed by atoms with van der Waals surface area (Å²) in [6.07, 6.45) is 1.43. The number of hydrogen-bond acceptors (Lipinski definition) is 4. The zero-order chi connectivity index (χ0) is 14.1. The normalized spacial score (nSPS) is 10.7. The zero-order valence-corrected chi connectivity index (χ0v) is 10.6. The van der Waals surface area contributed by atoms with Crippen molar-refractivity contribution in [3.8, 4) is 17.0 Å². The van der Waals surface area contributed by atoms with Gasteiger partial charge < -0.3 is 4.74 Å². The van der Waals surface area contributed by atoms with Crippen molar-refractivity contribution in [3.05, 3.63) is 42.3 Å². The van der Waals surface area contributed by atoms with Gasteiger partial charge in [-0.25, -0.2) is 9.37 Å². The number of aromatic nitrogens is 3. The molecule has 6 heteroatoms. The van der Waals surface area contributed by atoms with E-state index in [0.29, 0.717) is 28.0 Å². The van der Waals surface area contributed by atoms with Crippen molar-refractivity contribution < 1.29 is 13.9 Å². The number of aromatic amines is 1. The lowest BCUT2D eigenvalue weighted by atomic mass is 10.1. The summed E-state index contributed by atoms with van der Waals surface area (Å²) in [5, 5.41) is 6.93. The molecule has 2 heterocycles. The molecule has 0 saturated carbocycles. The number of carbonyl (C=O) groups is 1. The number of esters is 1. The molecule has 2 aromatic heterocycles. The highest BCUT2D eigenvalue weighted by Gasteiger charge is 2.11. The highest BCUT2D eigenvalue weighted by molar-refractivity contribution is 5.90. The van der Waals surface area contributed by atoms with Gasteiger partial charge in [0.1, 0.15) is 17.0 Å². The number of carbonyl (C=O) groups excluding carboxylic acids is 1. The number of nitrogens with zero attached hydrogens (tertiary/aromatic N) is 2. The van der Waals surface area contributed by atoms with E-state index in [4.69, 9.17) is 4.74 Å². The molecule has 0 unspecified atom stereocenters. The van der Waals surface area contributed by atoms with Gasteiger partial charge >= 0.3 is 5.97 Å². The number of hydrogen-bond donors (Lipinski definition) is 1. The number of H-pyrrole nitrogens is 1. The number of halogens is 1. The van der Waals surface area contributed by atoms with Crippen molar-refractivity contribution in [2.45, 2.75) is 6.92 Å². The standard InChI is InChI=1S/C14H10FN3O2/c1-8(19)20-11-6-12-14(16-7-11)13(18-17-12)9-3-2-4-10(15)5-9/h2-7H,1H3,(H,17,18). The molecule has 1 aromatic carbocycles. The number of ether oxygens (including phenoxy) is 1. The largest absolute Gasteiger partial charge is 0.425 e. The quantitative estimate of drug-likeness (QED) is 0.728. The molecule has 0 aliphatic rings. The van der Waals surface area contributed by atoms with Crippen LogP contribution in [0.3, 0.4) is 0 Å². The fourth-order valence-electron chi connectivity index (χ4n) is 1.95. The van der Waals surface area contributed by atoms with Gasteiger partial charge in [0, 0.05) is 18.6 Å². The molecule has 100 valence electrons. The van der Waals surface area contributed by atoms with Crippen molar-refractivity contribution in [1.29, 1.82) is 0 Å². The maximum atomic E-state index is 13.3. The summed E-state index contributed by atoms with van der Waals surface area (Å²) in [5.74, 6) is -0.425. The molecule has 0 radical (unpaired) electrons. The van der Waals surface area contributed by atoms with Gasteiger partial charge in [0.25, 0.3) is 0 Å². The van der Waals surface area contributed by atoms with Gasteiger partial charge in [-0.05, 0) is 12.1 Å². The highest BCUT2D eigenvalue weighted by Crippen LogP contribution is 2.27. The van der Waals surface area contributed by atoms with Gasteiger partial charge in [0.15, 0.2) is 5.75 Å². The minimum Gasteiger partial charge on any atom is -0.425 e. The van der Waals surface area contributed by atoms with Crippen LogP contribution in [0.1, 0.15) is 6.92 Å². The van der Waals surface area contributed by atoms with Gasteiger partial charge in [-0.1, -0.05) is 12.1 Å². The van der Waals surface area contributed by atoms with Gasteiger partial charge in [0.2, 0.25) is 0 Å². The summed E-state index contributed by atoms with van der Waals surface area (Å²) in [5.41, 5.74) is 2.38. The Balaban J connectivity index is 2.08. The van der Waals surface area contributed by atoms with E-state index in [-0.39, 0.29) is 5.82 Å². The second kappa shape index (κ2) is 4.73. The molecular weight excluding hydrogens is 261 g/mol. The summed E-state index contributed by atoms with van der Waals surface area (Å²) >= 11 is 0. The molecule has 0 fully saturated rings. The van der Waals surface area contributed by atoms with Crippen molar-refractivity contribution in [3.63, 3.8) is 0 Å². The number of fused-ring (bicyclic) bond motifs is 1. The molecule has 0 aliphatic carbocycles. The van der Waals surface area contributed by atoms with Crippen molar-refractivity contribution >= 4 is 17.0 Å². The molecule has 0 spiro atoms. The third-order valence-corrected chi connectivity index (χ3v) is 2.73. The van der Waals surface area contributed by atoms with Gasteiger partial charge in [0.05, 0.1) is 11.7 Å². The van der Waals surface area contributed by atoms with Crippen molar-refractivity contribution in [1.82, 2.24) is 15.2 Å². The fourth-order valence-corrected chi connectivity index (χ4v) is 1.95. The predicted molar refractivity (Wildman–Crippen MR) is 70.6 cm³/mol. The van der Waals surface area contributed by atoms with E-state index in [1.165, 1.54) is 25.3 Å². The predicted octanol–water partition coefficient (Wildman–Crippen LogP) is 2.69. The molecule has 3 aromatic rings. The molecule has 0 amide bonds. The van der Waals surface area contributed by atoms with E-state index < -0.39 is 5.97 Å². The zero-order valence-electron chi connectivity index (χ0n) is 10.6. The molecule has 0 bridgehead atoms. The summed E-state index contributed by atoms with van der Waals surface area (Å²) < 4.78 is 18.2. The lowest BCUT2D eigenvalue weighted by Crippen LogP contribution is -2.01. The third kappa shape index (κ3) is 2.23. The van der Waals surface area contributed by atoms with Crippen LogP contribution in [0.5, 0.6) is 5.75 Å². The van der Waals surface area contributed by atoms with Crippen LogP contribution in [-0.2, 0) is 4.79 Å². The molecule has 0 aliphatic heterocycles. The monoisotopic (exact) mass is 271 g/mol. The van der Waals surface area contributed by atoms with Crippen LogP contribution >= 0.6 is 0 Å². The first-order chi connectivity index (χ1) is 9.63. The number of rotatable bonds is 2. The topological polar surface area (TPSA) is 67.9 Å². The Bertz CT molecular complexity index is 798. The van der Waals surface area contributed by atoms with Crippen LogP contribution in [0.2, 0.25) is 0 Å². The molecule has 20 heavy (non-hydrogen) atoms. The lowest BCUT2D eigenvalue weighted by molar-refractivity contribution is -0.131. The van der Waals surface area contributed by atoms with Crippen molar-refractivity contribution in [2.75, 3.05) is 0 Å². The molecule has 5 nitrogen and oxygen atoms in total. The maximum Gasteiger partial charge on any atom is 0.308 e. The second-order valence-corrected chi connectivity index (χ2v) is 4.24. The first-order valence-corrected chi connectivity index (χ1v) is 5.92. The smallest absolute Gasteiger partial charge is 0.308 e. The summed E-state index contributed by atoms with van der Waals surface area (Å²) in [6, 6.07) is 7.74. The Labute approximate surface area is 113 Å².